The molecule has 5 heteroatoms. The van der Waals surface area contributed by atoms with Gasteiger partial charge >= 0.3 is 5.97 Å². The average Bonchev–Trinajstić information content (AvgIpc) is 2.82. The molecule has 90 valence electrons. The third-order valence-corrected chi connectivity index (χ3v) is 3.65. The number of carboxylic acids is 1. The molecule has 1 saturated carbocycles. The first kappa shape index (κ1) is 11.9. The van der Waals surface area contributed by atoms with Crippen molar-refractivity contribution in [2.24, 2.45) is 0 Å². The van der Waals surface area contributed by atoms with Crippen molar-refractivity contribution in [1.82, 2.24) is 5.32 Å². The zero-order chi connectivity index (χ0) is 12.5. The second kappa shape index (κ2) is 4.33. The van der Waals surface area contributed by atoms with Gasteiger partial charge in [-0.3, -0.25) is 4.79 Å². The second-order valence-electron chi connectivity index (χ2n) is 4.39. The molecule has 0 spiro atoms. The maximum atomic E-state index is 11.9. The van der Waals surface area contributed by atoms with Crippen LogP contribution in [0.5, 0.6) is 0 Å². The molecular formula is C12H13NO3S. The number of carboxylic acid groups (broad SMARTS) is 1. The number of rotatable bonds is 4. The molecule has 0 bridgehead atoms. The molecule has 0 aliphatic heterocycles. The summed E-state index contributed by atoms with van der Waals surface area (Å²) in [7, 11) is 0. The van der Waals surface area contributed by atoms with Gasteiger partial charge < -0.3 is 10.4 Å². The van der Waals surface area contributed by atoms with Crippen molar-refractivity contribution < 1.29 is 14.7 Å². The van der Waals surface area contributed by atoms with Crippen LogP contribution in [0.15, 0.2) is 17.5 Å². The first-order chi connectivity index (χ1) is 8.00. The van der Waals surface area contributed by atoms with Crippen molar-refractivity contribution in [3.63, 3.8) is 0 Å². The molecule has 1 aromatic rings. The van der Waals surface area contributed by atoms with E-state index in [0.29, 0.717) is 10.4 Å². The Balaban J connectivity index is 2.12. The van der Waals surface area contributed by atoms with E-state index in [0.717, 1.165) is 18.9 Å². The Morgan fingerprint density at radius 2 is 2.24 bits per heavy atom. The van der Waals surface area contributed by atoms with Gasteiger partial charge in [-0.2, -0.15) is 0 Å². The van der Waals surface area contributed by atoms with Crippen molar-refractivity contribution >= 4 is 29.3 Å². The lowest BCUT2D eigenvalue weighted by atomic mass is 10.2. The van der Waals surface area contributed by atoms with Crippen molar-refractivity contribution in [3.8, 4) is 0 Å². The van der Waals surface area contributed by atoms with E-state index in [2.05, 4.69) is 5.32 Å². The predicted octanol–water partition coefficient (Wildman–Crippen LogP) is 2.13. The van der Waals surface area contributed by atoms with E-state index in [9.17, 15) is 9.59 Å². The van der Waals surface area contributed by atoms with Gasteiger partial charge in [0.15, 0.2) is 0 Å². The Labute approximate surface area is 103 Å². The van der Waals surface area contributed by atoms with Gasteiger partial charge in [-0.05, 0) is 42.9 Å². The van der Waals surface area contributed by atoms with Crippen LogP contribution in [-0.4, -0.2) is 22.5 Å². The molecule has 4 nitrogen and oxygen atoms in total. The van der Waals surface area contributed by atoms with Gasteiger partial charge in [-0.25, -0.2) is 4.79 Å². The highest BCUT2D eigenvalue weighted by atomic mass is 32.1. The van der Waals surface area contributed by atoms with E-state index in [1.54, 1.807) is 11.4 Å². The van der Waals surface area contributed by atoms with Crippen LogP contribution in [0, 0.1) is 0 Å². The number of hydrogen-bond acceptors (Lipinski definition) is 3. The number of nitrogens with one attached hydrogen (secondary N) is 1. The topological polar surface area (TPSA) is 66.4 Å². The van der Waals surface area contributed by atoms with E-state index >= 15 is 0 Å². The number of carbonyl (C=O) groups is 2. The first-order valence-corrected chi connectivity index (χ1v) is 6.19. The lowest BCUT2D eigenvalue weighted by Gasteiger charge is -2.10. The molecule has 0 unspecified atom stereocenters. The summed E-state index contributed by atoms with van der Waals surface area (Å²) >= 11 is 1.32. The summed E-state index contributed by atoms with van der Waals surface area (Å²) in [6.07, 6.45) is 4.50. The fourth-order valence-corrected chi connectivity index (χ4v) is 2.22. The first-order valence-electron chi connectivity index (χ1n) is 5.31. The van der Waals surface area contributed by atoms with Crippen molar-refractivity contribution in [1.29, 1.82) is 0 Å². The Hall–Kier alpha value is -1.62. The summed E-state index contributed by atoms with van der Waals surface area (Å²) in [6, 6.07) is 1.74. The molecular weight excluding hydrogens is 238 g/mol. The van der Waals surface area contributed by atoms with Crippen LogP contribution >= 0.6 is 11.3 Å². The van der Waals surface area contributed by atoms with Crippen molar-refractivity contribution in [2.45, 2.75) is 25.3 Å². The van der Waals surface area contributed by atoms with Gasteiger partial charge in [0.05, 0.1) is 4.88 Å². The predicted molar refractivity (Wildman–Crippen MR) is 66.1 cm³/mol. The van der Waals surface area contributed by atoms with Crippen molar-refractivity contribution in [2.75, 3.05) is 0 Å². The standard InChI is InChI=1S/C12H13NO3S/c1-12(5-6-12)13-11(16)10-8(4-7-17-10)2-3-9(14)15/h2-4,7H,5-6H2,1H3,(H,13,16)(H,14,15)/b3-2+. The second-order valence-corrected chi connectivity index (χ2v) is 5.31. The summed E-state index contributed by atoms with van der Waals surface area (Å²) < 4.78 is 0. The van der Waals surface area contributed by atoms with Gasteiger partial charge in [-0.1, -0.05) is 0 Å². The van der Waals surface area contributed by atoms with Crippen molar-refractivity contribution in [3.05, 3.63) is 28.0 Å². The Kier molecular flexibility index (Phi) is 3.02. The number of carbonyl (C=O) groups excluding carboxylic acids is 1. The van der Waals surface area contributed by atoms with Crippen LogP contribution in [-0.2, 0) is 4.79 Å². The van der Waals surface area contributed by atoms with Crippen LogP contribution in [0.3, 0.4) is 0 Å². The van der Waals surface area contributed by atoms with E-state index < -0.39 is 5.97 Å². The van der Waals surface area contributed by atoms with Crippen LogP contribution < -0.4 is 5.32 Å². The van der Waals surface area contributed by atoms with Gasteiger partial charge in [0.25, 0.3) is 5.91 Å². The number of amides is 1. The van der Waals surface area contributed by atoms with Crippen LogP contribution in [0.2, 0.25) is 0 Å². The summed E-state index contributed by atoms with van der Waals surface area (Å²) in [5.74, 6) is -1.14. The number of thiophene rings is 1. The largest absolute Gasteiger partial charge is 0.478 e. The van der Waals surface area contributed by atoms with Crippen LogP contribution in [0.4, 0.5) is 0 Å². The van der Waals surface area contributed by atoms with Crippen LogP contribution in [0.25, 0.3) is 6.08 Å². The minimum Gasteiger partial charge on any atom is -0.478 e. The molecule has 17 heavy (non-hydrogen) atoms. The molecule has 2 N–H and O–H groups in total. The number of hydrogen-bond donors (Lipinski definition) is 2. The molecule has 0 aromatic carbocycles. The minimum absolute atomic E-state index is 0.0607. The Bertz CT molecular complexity index is 486. The Morgan fingerprint density at radius 1 is 1.53 bits per heavy atom. The smallest absolute Gasteiger partial charge is 0.328 e. The van der Waals surface area contributed by atoms with Gasteiger partial charge in [0.1, 0.15) is 0 Å². The highest BCUT2D eigenvalue weighted by Crippen LogP contribution is 2.35. The zero-order valence-corrected chi connectivity index (χ0v) is 10.2. The molecule has 1 fully saturated rings. The average molecular weight is 251 g/mol. The minimum atomic E-state index is -1.02. The van der Waals surface area contributed by atoms with E-state index in [1.807, 2.05) is 6.92 Å². The van der Waals surface area contributed by atoms with E-state index in [1.165, 1.54) is 17.4 Å². The number of aliphatic carboxylic acids is 1. The van der Waals surface area contributed by atoms with Crippen LogP contribution in [0.1, 0.15) is 35.0 Å². The van der Waals surface area contributed by atoms with Gasteiger partial charge in [0, 0.05) is 11.6 Å². The molecule has 1 aromatic heterocycles. The highest BCUT2D eigenvalue weighted by molar-refractivity contribution is 7.12. The maximum Gasteiger partial charge on any atom is 0.328 e. The van der Waals surface area contributed by atoms with E-state index in [-0.39, 0.29) is 11.4 Å². The molecule has 0 radical (unpaired) electrons. The molecule has 0 atom stereocenters. The molecule has 2 rings (SSSR count). The molecule has 1 heterocycles. The fraction of sp³-hybridized carbons (Fsp3) is 0.333. The SMILES string of the molecule is CC1(NC(=O)c2sccc2/C=C/C(=O)O)CC1. The fourth-order valence-electron chi connectivity index (χ4n) is 1.44. The molecule has 1 aliphatic rings. The summed E-state index contributed by atoms with van der Waals surface area (Å²) in [5, 5.41) is 13.3. The monoisotopic (exact) mass is 251 g/mol. The van der Waals surface area contributed by atoms with Gasteiger partial charge in [0.2, 0.25) is 0 Å². The molecule has 1 amide bonds. The Morgan fingerprint density at radius 3 is 2.82 bits per heavy atom. The highest BCUT2D eigenvalue weighted by Gasteiger charge is 2.39. The summed E-state index contributed by atoms with van der Waals surface area (Å²) in [6.45, 7) is 2.01. The van der Waals surface area contributed by atoms with E-state index in [4.69, 9.17) is 5.11 Å². The lowest BCUT2D eigenvalue weighted by molar-refractivity contribution is -0.131. The molecule has 0 saturated heterocycles. The summed E-state index contributed by atoms with van der Waals surface area (Å²) in [4.78, 5) is 22.9. The van der Waals surface area contributed by atoms with Gasteiger partial charge in [-0.15, -0.1) is 11.3 Å². The normalized spacial score (nSPS) is 17.0. The third-order valence-electron chi connectivity index (χ3n) is 2.72. The zero-order valence-electron chi connectivity index (χ0n) is 9.40. The maximum absolute atomic E-state index is 11.9. The lowest BCUT2D eigenvalue weighted by Crippen LogP contribution is -2.33. The quantitative estimate of drug-likeness (QED) is 0.806. The summed E-state index contributed by atoms with van der Waals surface area (Å²) in [5.41, 5.74) is 0.591. The molecule has 1 aliphatic carbocycles. The third kappa shape index (κ3) is 2.94.